The van der Waals surface area contributed by atoms with E-state index in [1.165, 1.54) is 9.78 Å². The van der Waals surface area contributed by atoms with E-state index in [0.717, 1.165) is 6.42 Å². The molecular formula is C13H20N2O3S. The van der Waals surface area contributed by atoms with Crippen molar-refractivity contribution in [3.05, 3.63) is 22.4 Å². The molecule has 1 aromatic rings. The first-order valence-electron chi connectivity index (χ1n) is 6.26. The van der Waals surface area contributed by atoms with Crippen LogP contribution in [0.3, 0.4) is 0 Å². The summed E-state index contributed by atoms with van der Waals surface area (Å²) in [4.78, 5) is 25.2. The van der Waals surface area contributed by atoms with Gasteiger partial charge in [-0.2, -0.15) is 0 Å². The Kier molecular flexibility index (Phi) is 6.35. The Labute approximate surface area is 117 Å². The Hall–Kier alpha value is -1.56. The lowest BCUT2D eigenvalue weighted by Gasteiger charge is -2.23. The summed E-state index contributed by atoms with van der Waals surface area (Å²) in [5.41, 5.74) is 0. The summed E-state index contributed by atoms with van der Waals surface area (Å²) in [7, 11) is 0. The van der Waals surface area contributed by atoms with E-state index in [2.05, 4.69) is 5.32 Å². The van der Waals surface area contributed by atoms with Gasteiger partial charge in [-0.25, -0.2) is 4.79 Å². The molecule has 1 aromatic heterocycles. The highest BCUT2D eigenvalue weighted by Crippen LogP contribution is 2.08. The molecule has 0 aliphatic rings. The van der Waals surface area contributed by atoms with Crippen molar-refractivity contribution in [2.24, 2.45) is 5.92 Å². The summed E-state index contributed by atoms with van der Waals surface area (Å²) >= 11 is 1.65. The summed E-state index contributed by atoms with van der Waals surface area (Å²) in [6, 6.07) is 3.67. The van der Waals surface area contributed by atoms with Gasteiger partial charge in [-0.15, -0.1) is 11.3 Å². The predicted octanol–water partition coefficient (Wildman–Crippen LogP) is 2.04. The molecule has 0 bridgehead atoms. The molecule has 2 amide bonds. The molecule has 0 fully saturated rings. The first-order valence-corrected chi connectivity index (χ1v) is 7.14. The molecule has 1 rings (SSSR count). The van der Waals surface area contributed by atoms with E-state index in [1.807, 2.05) is 31.4 Å². The van der Waals surface area contributed by atoms with Gasteiger partial charge < -0.3 is 15.3 Å². The van der Waals surface area contributed by atoms with Crippen LogP contribution in [0.25, 0.3) is 0 Å². The molecule has 0 aromatic carbocycles. The van der Waals surface area contributed by atoms with Gasteiger partial charge in [-0.3, -0.25) is 4.79 Å². The second kappa shape index (κ2) is 7.78. The summed E-state index contributed by atoms with van der Waals surface area (Å²) in [5.74, 6) is -0.753. The van der Waals surface area contributed by atoms with Crippen molar-refractivity contribution < 1.29 is 14.7 Å². The summed E-state index contributed by atoms with van der Waals surface area (Å²) in [6.07, 6.45) is 0.770. The quantitative estimate of drug-likeness (QED) is 0.805. The minimum absolute atomic E-state index is 0.238. The molecule has 0 unspecified atom stereocenters. The molecule has 0 saturated heterocycles. The van der Waals surface area contributed by atoms with Crippen LogP contribution in [0.15, 0.2) is 17.5 Å². The van der Waals surface area contributed by atoms with Gasteiger partial charge >= 0.3 is 12.0 Å². The first kappa shape index (κ1) is 15.5. The molecule has 0 saturated carbocycles. The van der Waals surface area contributed by atoms with Crippen LogP contribution in [0.5, 0.6) is 0 Å². The third-order valence-electron chi connectivity index (χ3n) is 2.43. The second-order valence-electron chi connectivity index (χ2n) is 4.73. The Morgan fingerprint density at radius 1 is 1.47 bits per heavy atom. The molecule has 6 heteroatoms. The Balaban J connectivity index is 2.40. The maximum Gasteiger partial charge on any atom is 0.323 e. The van der Waals surface area contributed by atoms with E-state index in [-0.39, 0.29) is 18.5 Å². The van der Waals surface area contributed by atoms with E-state index in [4.69, 9.17) is 5.11 Å². The van der Waals surface area contributed by atoms with Crippen LogP contribution >= 0.6 is 11.3 Å². The molecule has 0 atom stereocenters. The number of rotatable bonds is 7. The number of hydrogen-bond donors (Lipinski definition) is 2. The van der Waals surface area contributed by atoms with Gasteiger partial charge in [-0.05, 0) is 23.8 Å². The van der Waals surface area contributed by atoms with Crippen molar-refractivity contribution in [1.29, 1.82) is 0 Å². The number of nitrogens with zero attached hydrogens (tertiary/aromatic N) is 1. The molecule has 0 spiro atoms. The Morgan fingerprint density at radius 3 is 2.74 bits per heavy atom. The van der Waals surface area contributed by atoms with Gasteiger partial charge in [0.25, 0.3) is 0 Å². The third-order valence-corrected chi connectivity index (χ3v) is 3.36. The van der Waals surface area contributed by atoms with E-state index in [1.54, 1.807) is 11.3 Å². The number of hydrogen-bond acceptors (Lipinski definition) is 3. The molecule has 0 radical (unpaired) electrons. The average Bonchev–Trinajstić information content (AvgIpc) is 2.79. The van der Waals surface area contributed by atoms with E-state index >= 15 is 0 Å². The van der Waals surface area contributed by atoms with Crippen LogP contribution in [0.1, 0.15) is 18.7 Å². The highest BCUT2D eigenvalue weighted by atomic mass is 32.1. The Morgan fingerprint density at radius 2 is 2.21 bits per heavy atom. The third kappa shape index (κ3) is 6.24. The number of thiophene rings is 1. The van der Waals surface area contributed by atoms with Crippen molar-refractivity contribution >= 4 is 23.3 Å². The second-order valence-corrected chi connectivity index (χ2v) is 5.76. The van der Waals surface area contributed by atoms with Gasteiger partial charge in [-0.1, -0.05) is 19.9 Å². The molecular weight excluding hydrogens is 264 g/mol. The maximum absolute atomic E-state index is 11.9. The maximum atomic E-state index is 11.9. The van der Waals surface area contributed by atoms with Crippen molar-refractivity contribution in [2.75, 3.05) is 19.6 Å². The van der Waals surface area contributed by atoms with Crippen molar-refractivity contribution in [3.63, 3.8) is 0 Å². The zero-order chi connectivity index (χ0) is 14.3. The van der Waals surface area contributed by atoms with Gasteiger partial charge in [0.1, 0.15) is 6.54 Å². The number of carboxylic acids is 1. The lowest BCUT2D eigenvalue weighted by molar-refractivity contribution is -0.137. The largest absolute Gasteiger partial charge is 0.480 e. The Bertz CT molecular complexity index is 404. The normalized spacial score (nSPS) is 10.5. The van der Waals surface area contributed by atoms with E-state index in [9.17, 15) is 9.59 Å². The number of carbonyl (C=O) groups excluding carboxylic acids is 1. The van der Waals surface area contributed by atoms with Crippen LogP contribution in [0.2, 0.25) is 0 Å². The fourth-order valence-electron chi connectivity index (χ4n) is 1.68. The standard InChI is InChI=1S/C13H20N2O3S/c1-10(2)8-15(9-12(16)17)13(18)14-6-5-11-4-3-7-19-11/h3-4,7,10H,5-6,8-9H2,1-2H3,(H,14,18)(H,16,17). The van der Waals surface area contributed by atoms with Crippen LogP contribution in [-0.2, 0) is 11.2 Å². The number of carbonyl (C=O) groups is 2. The average molecular weight is 284 g/mol. The smallest absolute Gasteiger partial charge is 0.323 e. The van der Waals surface area contributed by atoms with Crippen molar-refractivity contribution in [2.45, 2.75) is 20.3 Å². The summed E-state index contributed by atoms with van der Waals surface area (Å²) in [6.45, 7) is 4.61. The number of nitrogens with one attached hydrogen (secondary N) is 1. The topological polar surface area (TPSA) is 69.6 Å². The van der Waals surface area contributed by atoms with Gasteiger partial charge in [0.2, 0.25) is 0 Å². The fraction of sp³-hybridized carbons (Fsp3) is 0.538. The van der Waals surface area contributed by atoms with Crippen molar-refractivity contribution in [1.82, 2.24) is 10.2 Å². The highest BCUT2D eigenvalue weighted by Gasteiger charge is 2.17. The minimum Gasteiger partial charge on any atom is -0.480 e. The molecule has 0 aliphatic heterocycles. The SMILES string of the molecule is CC(C)CN(CC(=O)O)C(=O)NCCc1cccs1. The minimum atomic E-state index is -0.992. The van der Waals surface area contributed by atoms with Crippen molar-refractivity contribution in [3.8, 4) is 0 Å². The zero-order valence-electron chi connectivity index (χ0n) is 11.3. The van der Waals surface area contributed by atoms with Gasteiger partial charge in [0.15, 0.2) is 0 Å². The molecule has 0 aliphatic carbocycles. The fourth-order valence-corrected chi connectivity index (χ4v) is 2.39. The lowest BCUT2D eigenvalue weighted by Crippen LogP contribution is -2.45. The summed E-state index contributed by atoms with van der Waals surface area (Å²) < 4.78 is 0. The van der Waals surface area contributed by atoms with Crippen LogP contribution in [0, 0.1) is 5.92 Å². The highest BCUT2D eigenvalue weighted by molar-refractivity contribution is 7.09. The van der Waals surface area contributed by atoms with Crippen LogP contribution < -0.4 is 5.32 Å². The first-order chi connectivity index (χ1) is 8.99. The van der Waals surface area contributed by atoms with Gasteiger partial charge in [0, 0.05) is 18.0 Å². The van der Waals surface area contributed by atoms with Crippen LogP contribution in [-0.4, -0.2) is 41.6 Å². The zero-order valence-corrected chi connectivity index (χ0v) is 12.1. The van der Waals surface area contributed by atoms with Gasteiger partial charge in [0.05, 0.1) is 0 Å². The molecule has 5 nitrogen and oxygen atoms in total. The number of aliphatic carboxylic acids is 1. The molecule has 106 valence electrons. The van der Waals surface area contributed by atoms with Crippen LogP contribution in [0.4, 0.5) is 4.79 Å². The predicted molar refractivity (Wildman–Crippen MR) is 75.5 cm³/mol. The van der Waals surface area contributed by atoms with E-state index in [0.29, 0.717) is 13.1 Å². The molecule has 19 heavy (non-hydrogen) atoms. The number of carboxylic acid groups (broad SMARTS) is 1. The van der Waals surface area contributed by atoms with E-state index < -0.39 is 5.97 Å². The number of amides is 2. The molecule has 1 heterocycles. The number of urea groups is 1. The lowest BCUT2D eigenvalue weighted by atomic mass is 10.2. The monoisotopic (exact) mass is 284 g/mol. The summed E-state index contributed by atoms with van der Waals surface area (Å²) in [5, 5.41) is 13.6. The molecule has 2 N–H and O–H groups in total.